The SMILES string of the molecule is CC[C@]12C=C(C(=O)OC)n3c4ccc(Br)cc4c4c(O)c[n+](c1c43)CCC2.[Cl-]. The number of aryl methyl sites for hydroxylation is 1. The zero-order valence-electron chi connectivity index (χ0n) is 15.6. The van der Waals surface area contributed by atoms with E-state index in [-0.39, 0.29) is 29.5 Å². The van der Waals surface area contributed by atoms with Gasteiger partial charge in [-0.2, -0.15) is 4.57 Å². The molecule has 2 aliphatic rings. The number of esters is 1. The van der Waals surface area contributed by atoms with Crippen LogP contribution in [-0.2, 0) is 21.5 Å². The topological polar surface area (TPSA) is 55.3 Å². The van der Waals surface area contributed by atoms with Gasteiger partial charge in [0.1, 0.15) is 17.8 Å². The lowest BCUT2D eigenvalue weighted by atomic mass is 9.72. The van der Waals surface area contributed by atoms with E-state index in [4.69, 9.17) is 4.74 Å². The molecular formula is C21H20BrClN2O3. The van der Waals surface area contributed by atoms with Crippen molar-refractivity contribution in [2.45, 2.75) is 38.1 Å². The molecule has 4 heterocycles. The highest BCUT2D eigenvalue weighted by molar-refractivity contribution is 9.10. The molecule has 0 spiro atoms. The standard InChI is InChI=1S/C21H19BrN2O3.ClH/c1-3-21-7-4-8-23-11-16(25)17-13-9-12(22)5-6-14(13)24(18(17)19(21)23)15(10-21)20(26)27-2;/h5-6,9-11H,3-4,7-8H2,1-2H3;1H/t21-;/m0./s1. The fourth-order valence-electron chi connectivity index (χ4n) is 4.96. The van der Waals surface area contributed by atoms with Crippen molar-refractivity contribution in [2.75, 3.05) is 7.11 Å². The summed E-state index contributed by atoms with van der Waals surface area (Å²) in [5, 5.41) is 12.6. The lowest BCUT2D eigenvalue weighted by molar-refractivity contribution is -0.712. The first-order valence-electron chi connectivity index (χ1n) is 9.22. The van der Waals surface area contributed by atoms with Crippen molar-refractivity contribution in [1.29, 1.82) is 0 Å². The predicted octanol–water partition coefficient (Wildman–Crippen LogP) is 1.02. The second kappa shape index (κ2) is 6.49. The fraction of sp³-hybridized carbons (Fsp3) is 0.333. The minimum absolute atomic E-state index is 0. The largest absolute Gasteiger partial charge is 1.00 e. The Balaban J connectivity index is 0.00000192. The molecule has 2 aromatic heterocycles. The van der Waals surface area contributed by atoms with Crippen molar-refractivity contribution < 1.29 is 31.6 Å². The average molecular weight is 464 g/mol. The predicted molar refractivity (Wildman–Crippen MR) is 106 cm³/mol. The van der Waals surface area contributed by atoms with Gasteiger partial charge in [0.25, 0.3) is 0 Å². The summed E-state index contributed by atoms with van der Waals surface area (Å²) in [5.74, 6) is -0.107. The summed E-state index contributed by atoms with van der Waals surface area (Å²) in [5.41, 5.74) is 3.31. The highest BCUT2D eigenvalue weighted by atomic mass is 79.9. The van der Waals surface area contributed by atoms with Crippen LogP contribution in [0.25, 0.3) is 27.5 Å². The number of ether oxygens (including phenoxy) is 1. The number of fused-ring (bicyclic) bond motifs is 3. The maximum absolute atomic E-state index is 12.7. The molecule has 1 N–H and O–H groups in total. The van der Waals surface area contributed by atoms with Crippen LogP contribution in [0, 0.1) is 0 Å². The second-order valence-electron chi connectivity index (χ2n) is 7.41. The molecule has 7 heteroatoms. The zero-order valence-corrected chi connectivity index (χ0v) is 18.0. The quantitative estimate of drug-likeness (QED) is 0.456. The summed E-state index contributed by atoms with van der Waals surface area (Å²) in [6.07, 6.45) is 6.82. The van der Waals surface area contributed by atoms with Crippen LogP contribution in [0.15, 0.2) is 34.9 Å². The molecule has 28 heavy (non-hydrogen) atoms. The number of halogens is 2. The van der Waals surface area contributed by atoms with Crippen molar-refractivity contribution in [3.05, 3.63) is 40.6 Å². The number of nitrogens with zero attached hydrogens (tertiary/aromatic N) is 2. The number of benzene rings is 1. The monoisotopic (exact) mass is 462 g/mol. The first-order chi connectivity index (χ1) is 13.0. The van der Waals surface area contributed by atoms with Gasteiger partial charge in [-0.15, -0.1) is 0 Å². The third-order valence-corrected chi connectivity index (χ3v) is 6.64. The number of allylic oxidation sites excluding steroid dienone is 1. The molecule has 0 saturated carbocycles. The molecule has 5 nitrogen and oxygen atoms in total. The van der Waals surface area contributed by atoms with E-state index in [9.17, 15) is 9.90 Å². The van der Waals surface area contributed by atoms with E-state index >= 15 is 0 Å². The average Bonchev–Trinajstić information content (AvgIpc) is 3.01. The van der Waals surface area contributed by atoms with Gasteiger partial charge >= 0.3 is 5.97 Å². The van der Waals surface area contributed by atoms with Crippen molar-refractivity contribution >= 4 is 49.4 Å². The number of carbonyl (C=O) groups is 1. The van der Waals surface area contributed by atoms with Gasteiger partial charge in [-0.05, 0) is 37.1 Å². The van der Waals surface area contributed by atoms with Crippen LogP contribution in [-0.4, -0.2) is 22.8 Å². The highest BCUT2D eigenvalue weighted by Crippen LogP contribution is 2.49. The molecule has 0 unspecified atom stereocenters. The molecule has 3 aromatic rings. The van der Waals surface area contributed by atoms with Crippen molar-refractivity contribution in [1.82, 2.24) is 4.57 Å². The van der Waals surface area contributed by atoms with Gasteiger partial charge in [0.15, 0.2) is 5.75 Å². The molecule has 0 aliphatic carbocycles. The van der Waals surface area contributed by atoms with E-state index in [1.54, 1.807) is 0 Å². The molecule has 0 bridgehead atoms. The maximum atomic E-state index is 12.7. The Morgan fingerprint density at radius 1 is 1.43 bits per heavy atom. The molecule has 1 atom stereocenters. The van der Waals surface area contributed by atoms with Gasteiger partial charge in [0, 0.05) is 16.3 Å². The Kier molecular flexibility index (Phi) is 4.47. The molecule has 0 amide bonds. The van der Waals surface area contributed by atoms with Gasteiger partial charge in [-0.25, -0.2) is 4.79 Å². The zero-order chi connectivity index (χ0) is 18.9. The van der Waals surface area contributed by atoms with Crippen LogP contribution in [0.3, 0.4) is 0 Å². The normalized spacial score (nSPS) is 20.0. The van der Waals surface area contributed by atoms with Gasteiger partial charge < -0.3 is 22.3 Å². The maximum Gasteiger partial charge on any atom is 0.354 e. The smallest absolute Gasteiger partial charge is 0.354 e. The number of pyridine rings is 1. The highest BCUT2D eigenvalue weighted by Gasteiger charge is 2.47. The summed E-state index contributed by atoms with van der Waals surface area (Å²) in [7, 11) is 1.42. The Bertz CT molecular complexity index is 1180. The number of hydrogen-bond donors (Lipinski definition) is 1. The van der Waals surface area contributed by atoms with Crippen LogP contribution < -0.4 is 17.0 Å². The fourth-order valence-corrected chi connectivity index (χ4v) is 5.32. The number of methoxy groups -OCH3 is 1. The third kappa shape index (κ3) is 2.31. The van der Waals surface area contributed by atoms with Crippen molar-refractivity contribution in [3.63, 3.8) is 0 Å². The summed E-state index contributed by atoms with van der Waals surface area (Å²) in [6.45, 7) is 3.03. The molecule has 2 aliphatic heterocycles. The molecule has 146 valence electrons. The molecule has 0 radical (unpaired) electrons. The van der Waals surface area contributed by atoms with Gasteiger partial charge in [-0.1, -0.05) is 22.9 Å². The Labute approximate surface area is 177 Å². The summed E-state index contributed by atoms with van der Waals surface area (Å²) >= 11 is 3.54. The van der Waals surface area contributed by atoms with Gasteiger partial charge in [-0.3, -0.25) is 4.57 Å². The van der Waals surface area contributed by atoms with Gasteiger partial charge in [0.05, 0.1) is 23.4 Å². The number of hydrogen-bond acceptors (Lipinski definition) is 3. The second-order valence-corrected chi connectivity index (χ2v) is 8.33. The Morgan fingerprint density at radius 2 is 2.21 bits per heavy atom. The molecule has 1 aromatic carbocycles. The Morgan fingerprint density at radius 3 is 2.93 bits per heavy atom. The Hall–Kier alpha value is -2.05. The molecule has 0 fully saturated rings. The lowest BCUT2D eigenvalue weighted by Crippen LogP contribution is -3.00. The van der Waals surface area contributed by atoms with Gasteiger partial charge in [0.2, 0.25) is 11.9 Å². The van der Waals surface area contributed by atoms with Crippen molar-refractivity contribution in [3.8, 4) is 5.75 Å². The minimum Gasteiger partial charge on any atom is -1.00 e. The molecular weight excluding hydrogens is 444 g/mol. The van der Waals surface area contributed by atoms with E-state index in [0.717, 1.165) is 52.1 Å². The number of rotatable bonds is 2. The summed E-state index contributed by atoms with van der Waals surface area (Å²) in [4.78, 5) is 12.7. The first-order valence-corrected chi connectivity index (χ1v) is 10.0. The summed E-state index contributed by atoms with van der Waals surface area (Å²) in [6, 6.07) is 5.94. The van der Waals surface area contributed by atoms with E-state index in [1.807, 2.05) is 29.0 Å². The van der Waals surface area contributed by atoms with Crippen LogP contribution in [0.4, 0.5) is 0 Å². The lowest BCUT2D eigenvalue weighted by Gasteiger charge is -2.35. The third-order valence-electron chi connectivity index (χ3n) is 6.15. The molecule has 0 saturated heterocycles. The van der Waals surface area contributed by atoms with E-state index in [2.05, 4.69) is 33.5 Å². The van der Waals surface area contributed by atoms with E-state index < -0.39 is 0 Å². The minimum atomic E-state index is -0.351. The number of aromatic hydroxyl groups is 1. The van der Waals surface area contributed by atoms with Crippen LogP contribution in [0.5, 0.6) is 5.75 Å². The van der Waals surface area contributed by atoms with Crippen LogP contribution in [0.1, 0.15) is 31.9 Å². The number of aromatic nitrogens is 2. The molecule has 5 rings (SSSR count). The first kappa shape index (κ1) is 19.3. The van der Waals surface area contributed by atoms with Crippen molar-refractivity contribution in [2.24, 2.45) is 0 Å². The van der Waals surface area contributed by atoms with E-state index in [1.165, 1.54) is 12.8 Å². The summed E-state index contributed by atoms with van der Waals surface area (Å²) < 4.78 is 10.2. The van der Waals surface area contributed by atoms with Crippen LogP contribution >= 0.6 is 15.9 Å². The van der Waals surface area contributed by atoms with E-state index in [0.29, 0.717) is 5.70 Å². The van der Waals surface area contributed by atoms with Crippen LogP contribution in [0.2, 0.25) is 0 Å². The number of carbonyl (C=O) groups excluding carboxylic acids is 1.